The molecule has 3 aromatic rings. The zero-order valence-corrected chi connectivity index (χ0v) is 14.8. The molecule has 26 heavy (non-hydrogen) atoms. The Kier molecular flexibility index (Phi) is 5.53. The minimum Gasteiger partial charge on any atom is -0.493 e. The van der Waals surface area contributed by atoms with Gasteiger partial charge in [0.15, 0.2) is 11.5 Å². The Hall–Kier alpha value is -3.28. The third kappa shape index (κ3) is 4.03. The summed E-state index contributed by atoms with van der Waals surface area (Å²) in [5.41, 5.74) is 3.03. The molecule has 0 fully saturated rings. The van der Waals surface area contributed by atoms with Gasteiger partial charge < -0.3 is 14.8 Å². The number of carbonyl (C=O) groups excluding carboxylic acids is 1. The Morgan fingerprint density at radius 3 is 2.65 bits per heavy atom. The fraction of sp³-hybridized carbons (Fsp3) is 0.200. The maximum Gasteiger partial charge on any atom is 0.269 e. The molecule has 0 saturated carbocycles. The monoisotopic (exact) mass is 351 g/mol. The van der Waals surface area contributed by atoms with Gasteiger partial charge in [0.2, 0.25) is 0 Å². The first kappa shape index (κ1) is 17.5. The van der Waals surface area contributed by atoms with Crippen LogP contribution in [0.4, 0.5) is 0 Å². The van der Waals surface area contributed by atoms with Gasteiger partial charge in [-0.05, 0) is 30.7 Å². The standard InChI is InChI=1S/C20H21N3O3/c1-3-26-18-10-9-14(11-19(18)25-2)13-21-20(24)17-12-16(22-23-17)15-7-5-4-6-8-15/h4-12H,3,13H2,1-2H3,(H,21,24)(H,22,23). The lowest BCUT2D eigenvalue weighted by molar-refractivity contribution is 0.0946. The predicted octanol–water partition coefficient (Wildman–Crippen LogP) is 3.41. The molecule has 1 amide bonds. The van der Waals surface area contributed by atoms with Crippen LogP contribution in [0.25, 0.3) is 11.3 Å². The second-order valence-electron chi connectivity index (χ2n) is 5.63. The van der Waals surface area contributed by atoms with Crippen LogP contribution in [0.15, 0.2) is 54.6 Å². The normalized spacial score (nSPS) is 10.4. The van der Waals surface area contributed by atoms with E-state index < -0.39 is 0 Å². The van der Waals surface area contributed by atoms with Crippen molar-refractivity contribution in [2.45, 2.75) is 13.5 Å². The predicted molar refractivity (Wildman–Crippen MR) is 99.4 cm³/mol. The maximum absolute atomic E-state index is 12.3. The lowest BCUT2D eigenvalue weighted by atomic mass is 10.1. The quantitative estimate of drug-likeness (QED) is 0.684. The highest BCUT2D eigenvalue weighted by Crippen LogP contribution is 2.28. The van der Waals surface area contributed by atoms with E-state index in [1.807, 2.05) is 55.5 Å². The van der Waals surface area contributed by atoms with E-state index >= 15 is 0 Å². The Labute approximate surface area is 152 Å². The van der Waals surface area contributed by atoms with Crippen LogP contribution in [0, 0.1) is 0 Å². The zero-order chi connectivity index (χ0) is 18.4. The minimum absolute atomic E-state index is 0.215. The Bertz CT molecular complexity index is 875. The van der Waals surface area contributed by atoms with Gasteiger partial charge in [0, 0.05) is 12.1 Å². The van der Waals surface area contributed by atoms with Crippen molar-refractivity contribution in [3.8, 4) is 22.8 Å². The highest BCUT2D eigenvalue weighted by atomic mass is 16.5. The van der Waals surface area contributed by atoms with Crippen LogP contribution in [0.1, 0.15) is 23.0 Å². The van der Waals surface area contributed by atoms with Crippen LogP contribution in [0.5, 0.6) is 11.5 Å². The number of nitrogens with zero attached hydrogens (tertiary/aromatic N) is 1. The van der Waals surface area contributed by atoms with E-state index in [9.17, 15) is 4.79 Å². The molecule has 0 saturated heterocycles. The summed E-state index contributed by atoms with van der Waals surface area (Å²) in [6.45, 7) is 2.86. The van der Waals surface area contributed by atoms with Gasteiger partial charge >= 0.3 is 0 Å². The van der Waals surface area contributed by atoms with E-state index in [4.69, 9.17) is 9.47 Å². The molecule has 0 aliphatic carbocycles. The average Bonchev–Trinajstić information content (AvgIpc) is 3.18. The first-order chi connectivity index (χ1) is 12.7. The Morgan fingerprint density at radius 1 is 1.12 bits per heavy atom. The van der Waals surface area contributed by atoms with Gasteiger partial charge in [0.25, 0.3) is 5.91 Å². The molecule has 3 rings (SSSR count). The number of H-pyrrole nitrogens is 1. The summed E-state index contributed by atoms with van der Waals surface area (Å²) in [6, 6.07) is 17.0. The molecule has 1 heterocycles. The van der Waals surface area contributed by atoms with Crippen LogP contribution < -0.4 is 14.8 Å². The molecule has 0 bridgehead atoms. The molecule has 0 unspecified atom stereocenters. The number of nitrogens with one attached hydrogen (secondary N) is 2. The zero-order valence-electron chi connectivity index (χ0n) is 14.8. The van der Waals surface area contributed by atoms with Gasteiger partial charge in [-0.3, -0.25) is 9.89 Å². The average molecular weight is 351 g/mol. The SMILES string of the molecule is CCOc1ccc(CNC(=O)c2cc(-c3ccccc3)n[nH]2)cc1OC. The molecule has 6 nitrogen and oxygen atoms in total. The third-order valence-corrected chi connectivity index (χ3v) is 3.87. The van der Waals surface area contributed by atoms with Crippen LogP contribution in [-0.4, -0.2) is 29.8 Å². The number of carbonyl (C=O) groups is 1. The number of hydrogen-bond acceptors (Lipinski definition) is 4. The van der Waals surface area contributed by atoms with Crippen molar-refractivity contribution in [2.75, 3.05) is 13.7 Å². The fourth-order valence-corrected chi connectivity index (χ4v) is 2.57. The first-order valence-electron chi connectivity index (χ1n) is 8.40. The van der Waals surface area contributed by atoms with Gasteiger partial charge in [-0.2, -0.15) is 5.10 Å². The number of ether oxygens (including phenoxy) is 2. The molecule has 0 spiro atoms. The van der Waals surface area contributed by atoms with Gasteiger partial charge in [-0.1, -0.05) is 36.4 Å². The molecule has 2 N–H and O–H groups in total. The molecule has 0 aliphatic rings. The maximum atomic E-state index is 12.3. The summed E-state index contributed by atoms with van der Waals surface area (Å²) < 4.78 is 10.8. The summed E-state index contributed by atoms with van der Waals surface area (Å²) in [4.78, 5) is 12.3. The van der Waals surface area contributed by atoms with Crippen molar-refractivity contribution in [3.63, 3.8) is 0 Å². The van der Waals surface area contributed by atoms with E-state index in [1.165, 1.54) is 0 Å². The summed E-state index contributed by atoms with van der Waals surface area (Å²) in [7, 11) is 1.59. The number of methoxy groups -OCH3 is 1. The third-order valence-electron chi connectivity index (χ3n) is 3.87. The van der Waals surface area contributed by atoms with Crippen molar-refractivity contribution < 1.29 is 14.3 Å². The van der Waals surface area contributed by atoms with Gasteiger partial charge in [0.1, 0.15) is 5.69 Å². The largest absolute Gasteiger partial charge is 0.493 e. The second-order valence-corrected chi connectivity index (χ2v) is 5.63. The van der Waals surface area contributed by atoms with E-state index in [-0.39, 0.29) is 5.91 Å². The molecule has 6 heteroatoms. The molecule has 2 aromatic carbocycles. The number of hydrogen-bond donors (Lipinski definition) is 2. The number of aromatic nitrogens is 2. The van der Waals surface area contributed by atoms with Crippen LogP contribution >= 0.6 is 0 Å². The molecule has 0 atom stereocenters. The Balaban J connectivity index is 1.65. The summed E-state index contributed by atoms with van der Waals surface area (Å²) in [5.74, 6) is 1.12. The van der Waals surface area contributed by atoms with Gasteiger partial charge in [-0.25, -0.2) is 0 Å². The van der Waals surface area contributed by atoms with Crippen molar-refractivity contribution in [3.05, 3.63) is 65.9 Å². The topological polar surface area (TPSA) is 76.2 Å². The molecule has 0 aliphatic heterocycles. The highest BCUT2D eigenvalue weighted by Gasteiger charge is 2.11. The van der Waals surface area contributed by atoms with Gasteiger partial charge in [-0.15, -0.1) is 0 Å². The Morgan fingerprint density at radius 2 is 1.92 bits per heavy atom. The van der Waals surface area contributed by atoms with Gasteiger partial charge in [0.05, 0.1) is 19.4 Å². The van der Waals surface area contributed by atoms with Crippen molar-refractivity contribution >= 4 is 5.91 Å². The van der Waals surface area contributed by atoms with E-state index in [2.05, 4.69) is 15.5 Å². The van der Waals surface area contributed by atoms with Crippen LogP contribution in [0.3, 0.4) is 0 Å². The fourth-order valence-electron chi connectivity index (χ4n) is 2.57. The number of rotatable bonds is 7. The van der Waals surface area contributed by atoms with Crippen molar-refractivity contribution in [2.24, 2.45) is 0 Å². The number of benzene rings is 2. The molecular weight excluding hydrogens is 330 g/mol. The number of aromatic amines is 1. The highest BCUT2D eigenvalue weighted by molar-refractivity contribution is 5.93. The van der Waals surface area contributed by atoms with Crippen molar-refractivity contribution in [1.82, 2.24) is 15.5 Å². The first-order valence-corrected chi connectivity index (χ1v) is 8.40. The molecule has 0 radical (unpaired) electrons. The summed E-state index contributed by atoms with van der Waals surface area (Å²) in [5, 5.41) is 9.86. The smallest absolute Gasteiger partial charge is 0.269 e. The number of amides is 1. The lowest BCUT2D eigenvalue weighted by Crippen LogP contribution is -2.23. The van der Waals surface area contributed by atoms with E-state index in [0.29, 0.717) is 30.3 Å². The van der Waals surface area contributed by atoms with E-state index in [1.54, 1.807) is 13.2 Å². The summed E-state index contributed by atoms with van der Waals surface area (Å²) in [6.07, 6.45) is 0. The summed E-state index contributed by atoms with van der Waals surface area (Å²) >= 11 is 0. The molecule has 134 valence electrons. The van der Waals surface area contributed by atoms with Crippen LogP contribution in [0.2, 0.25) is 0 Å². The lowest BCUT2D eigenvalue weighted by Gasteiger charge is -2.11. The van der Waals surface area contributed by atoms with E-state index in [0.717, 1.165) is 16.8 Å². The van der Waals surface area contributed by atoms with Crippen molar-refractivity contribution in [1.29, 1.82) is 0 Å². The minimum atomic E-state index is -0.215. The molecule has 1 aromatic heterocycles. The van der Waals surface area contributed by atoms with Crippen LogP contribution in [-0.2, 0) is 6.54 Å². The second kappa shape index (κ2) is 8.20. The molecular formula is C20H21N3O3.